The van der Waals surface area contributed by atoms with E-state index in [-0.39, 0.29) is 0 Å². The molecule has 0 aliphatic rings. The lowest BCUT2D eigenvalue weighted by Gasteiger charge is -2.03. The van der Waals surface area contributed by atoms with E-state index in [0.29, 0.717) is 0 Å². The van der Waals surface area contributed by atoms with Crippen LogP contribution in [0.3, 0.4) is 0 Å². The molecule has 0 saturated heterocycles. The van der Waals surface area contributed by atoms with Crippen molar-refractivity contribution in [2.45, 2.75) is 13.3 Å². The molecule has 62 valence electrons. The van der Waals surface area contributed by atoms with Gasteiger partial charge < -0.3 is 5.32 Å². The molecule has 1 aromatic rings. The number of nitriles is 1. The van der Waals surface area contributed by atoms with Crippen molar-refractivity contribution in [3.63, 3.8) is 0 Å². The number of nitrogens with one attached hydrogen (secondary N) is 1. The summed E-state index contributed by atoms with van der Waals surface area (Å²) >= 11 is 0. The van der Waals surface area contributed by atoms with E-state index in [1.54, 1.807) is 0 Å². The van der Waals surface area contributed by atoms with Crippen LogP contribution in [-0.4, -0.2) is 7.05 Å². The molecule has 0 bridgehead atoms. The Kier molecular flexibility index (Phi) is 2.71. The number of rotatable bonds is 2. The molecule has 0 aliphatic heterocycles. The van der Waals surface area contributed by atoms with Gasteiger partial charge in [0.2, 0.25) is 0 Å². The molecule has 1 rings (SSSR count). The molecule has 0 atom stereocenters. The molecular weight excluding hydrogens is 148 g/mol. The second-order valence-corrected chi connectivity index (χ2v) is 2.59. The van der Waals surface area contributed by atoms with Crippen molar-refractivity contribution in [1.29, 1.82) is 5.26 Å². The minimum absolute atomic E-state index is 0.768. The standard InChI is InChI=1S/C10H12N2/c1-3-8-4-5-10(12-2)6-9(8)7-11/h4-6,12H,3H2,1-2H3. The summed E-state index contributed by atoms with van der Waals surface area (Å²) in [6, 6.07) is 8.03. The summed E-state index contributed by atoms with van der Waals surface area (Å²) in [5.74, 6) is 0. The first-order valence-corrected chi connectivity index (χ1v) is 4.02. The van der Waals surface area contributed by atoms with Crippen molar-refractivity contribution in [3.05, 3.63) is 29.3 Å². The highest BCUT2D eigenvalue weighted by molar-refractivity contribution is 5.52. The third-order valence-corrected chi connectivity index (χ3v) is 1.90. The lowest BCUT2D eigenvalue weighted by Crippen LogP contribution is -1.92. The SMILES string of the molecule is CCc1ccc(NC)cc1C#N. The molecule has 2 heteroatoms. The fourth-order valence-corrected chi connectivity index (χ4v) is 1.14. The summed E-state index contributed by atoms with van der Waals surface area (Å²) in [6.45, 7) is 2.05. The number of nitrogens with zero attached hydrogens (tertiary/aromatic N) is 1. The van der Waals surface area contributed by atoms with Crippen molar-refractivity contribution in [3.8, 4) is 6.07 Å². The van der Waals surface area contributed by atoms with E-state index >= 15 is 0 Å². The summed E-state index contributed by atoms with van der Waals surface area (Å²) in [6.07, 6.45) is 0.910. The second kappa shape index (κ2) is 3.77. The Labute approximate surface area is 72.8 Å². The van der Waals surface area contributed by atoms with Gasteiger partial charge >= 0.3 is 0 Å². The molecule has 0 aromatic heterocycles. The van der Waals surface area contributed by atoms with Gasteiger partial charge in [-0.05, 0) is 24.1 Å². The average Bonchev–Trinajstić information content (AvgIpc) is 2.16. The molecule has 0 unspecified atom stereocenters. The molecule has 0 radical (unpaired) electrons. The summed E-state index contributed by atoms with van der Waals surface area (Å²) in [5.41, 5.74) is 2.87. The van der Waals surface area contributed by atoms with Crippen LogP contribution >= 0.6 is 0 Å². The van der Waals surface area contributed by atoms with Gasteiger partial charge in [0.15, 0.2) is 0 Å². The van der Waals surface area contributed by atoms with E-state index in [4.69, 9.17) is 5.26 Å². The van der Waals surface area contributed by atoms with Crippen LogP contribution in [0.2, 0.25) is 0 Å². The lowest BCUT2D eigenvalue weighted by molar-refractivity contribution is 1.13. The van der Waals surface area contributed by atoms with Crippen molar-refractivity contribution >= 4 is 5.69 Å². The smallest absolute Gasteiger partial charge is 0.0995 e. The monoisotopic (exact) mass is 160 g/mol. The molecule has 0 heterocycles. The van der Waals surface area contributed by atoms with Crippen molar-refractivity contribution in [2.24, 2.45) is 0 Å². The van der Waals surface area contributed by atoms with Gasteiger partial charge in [-0.3, -0.25) is 0 Å². The largest absolute Gasteiger partial charge is 0.388 e. The zero-order chi connectivity index (χ0) is 8.97. The fraction of sp³-hybridized carbons (Fsp3) is 0.300. The van der Waals surface area contributed by atoms with Crippen LogP contribution in [0.25, 0.3) is 0 Å². The van der Waals surface area contributed by atoms with Crippen LogP contribution in [0.1, 0.15) is 18.1 Å². The molecule has 0 amide bonds. The third kappa shape index (κ3) is 1.57. The molecule has 1 N–H and O–H groups in total. The average molecular weight is 160 g/mol. The second-order valence-electron chi connectivity index (χ2n) is 2.59. The molecule has 0 aliphatic carbocycles. The van der Waals surface area contributed by atoms with E-state index in [0.717, 1.165) is 23.2 Å². The Morgan fingerprint density at radius 3 is 2.75 bits per heavy atom. The molecule has 0 saturated carbocycles. The maximum Gasteiger partial charge on any atom is 0.0995 e. The van der Waals surface area contributed by atoms with Crippen molar-refractivity contribution in [1.82, 2.24) is 0 Å². The molecule has 1 aromatic carbocycles. The highest BCUT2D eigenvalue weighted by Gasteiger charge is 1.99. The first kappa shape index (κ1) is 8.61. The van der Waals surface area contributed by atoms with Crippen LogP contribution in [-0.2, 0) is 6.42 Å². The van der Waals surface area contributed by atoms with Gasteiger partial charge in [0.1, 0.15) is 0 Å². The first-order chi connectivity index (χ1) is 5.81. The van der Waals surface area contributed by atoms with E-state index < -0.39 is 0 Å². The zero-order valence-corrected chi connectivity index (χ0v) is 7.39. The summed E-state index contributed by atoms with van der Waals surface area (Å²) in [4.78, 5) is 0. The van der Waals surface area contributed by atoms with Crippen LogP contribution in [0.15, 0.2) is 18.2 Å². The maximum atomic E-state index is 8.79. The quantitative estimate of drug-likeness (QED) is 0.719. The zero-order valence-electron chi connectivity index (χ0n) is 7.39. The predicted octanol–water partition coefficient (Wildman–Crippen LogP) is 2.16. The van der Waals surface area contributed by atoms with Crippen molar-refractivity contribution < 1.29 is 0 Å². The summed E-state index contributed by atoms with van der Waals surface area (Å²) in [5, 5.41) is 11.8. The Bertz CT molecular complexity index is 310. The van der Waals surface area contributed by atoms with Gasteiger partial charge in [-0.2, -0.15) is 5.26 Å². The normalized spacial score (nSPS) is 9.08. The number of anilines is 1. The van der Waals surface area contributed by atoms with E-state index in [1.807, 2.05) is 25.2 Å². The molecule has 0 fully saturated rings. The minimum atomic E-state index is 0.768. The van der Waals surface area contributed by atoms with Crippen LogP contribution in [0, 0.1) is 11.3 Å². The Hall–Kier alpha value is -1.49. The third-order valence-electron chi connectivity index (χ3n) is 1.90. The molecule has 0 spiro atoms. The van der Waals surface area contributed by atoms with E-state index in [1.165, 1.54) is 0 Å². The fourth-order valence-electron chi connectivity index (χ4n) is 1.14. The topological polar surface area (TPSA) is 35.8 Å². The number of hydrogen-bond acceptors (Lipinski definition) is 2. The van der Waals surface area contributed by atoms with Gasteiger partial charge in [-0.15, -0.1) is 0 Å². The van der Waals surface area contributed by atoms with E-state index in [2.05, 4.69) is 18.3 Å². The molecule has 12 heavy (non-hydrogen) atoms. The minimum Gasteiger partial charge on any atom is -0.388 e. The first-order valence-electron chi connectivity index (χ1n) is 4.02. The number of aryl methyl sites for hydroxylation is 1. The Balaban J connectivity index is 3.13. The molecule has 2 nitrogen and oxygen atoms in total. The van der Waals surface area contributed by atoms with Crippen LogP contribution < -0.4 is 5.32 Å². The summed E-state index contributed by atoms with van der Waals surface area (Å²) in [7, 11) is 1.85. The highest BCUT2D eigenvalue weighted by atomic mass is 14.8. The van der Waals surface area contributed by atoms with Crippen LogP contribution in [0.5, 0.6) is 0 Å². The Morgan fingerprint density at radius 1 is 1.50 bits per heavy atom. The van der Waals surface area contributed by atoms with Crippen molar-refractivity contribution in [2.75, 3.05) is 12.4 Å². The van der Waals surface area contributed by atoms with Crippen LogP contribution in [0.4, 0.5) is 5.69 Å². The highest BCUT2D eigenvalue weighted by Crippen LogP contribution is 2.14. The maximum absolute atomic E-state index is 8.79. The van der Waals surface area contributed by atoms with Gasteiger partial charge in [0.25, 0.3) is 0 Å². The van der Waals surface area contributed by atoms with E-state index in [9.17, 15) is 0 Å². The van der Waals surface area contributed by atoms with Gasteiger partial charge in [-0.1, -0.05) is 13.0 Å². The molecular formula is C10H12N2. The van der Waals surface area contributed by atoms with Gasteiger partial charge in [-0.25, -0.2) is 0 Å². The number of benzene rings is 1. The lowest BCUT2D eigenvalue weighted by atomic mass is 10.1. The predicted molar refractivity (Wildman–Crippen MR) is 50.1 cm³/mol. The van der Waals surface area contributed by atoms with Gasteiger partial charge in [0, 0.05) is 12.7 Å². The summed E-state index contributed by atoms with van der Waals surface area (Å²) < 4.78 is 0. The number of hydrogen-bond donors (Lipinski definition) is 1. The van der Waals surface area contributed by atoms with Gasteiger partial charge in [0.05, 0.1) is 11.6 Å². The Morgan fingerprint density at radius 2 is 2.25 bits per heavy atom.